The number of aryl methyl sites for hydroxylation is 1. The van der Waals surface area contributed by atoms with Crippen molar-refractivity contribution in [3.63, 3.8) is 0 Å². The lowest BCUT2D eigenvalue weighted by Gasteiger charge is -2.36. The van der Waals surface area contributed by atoms with Crippen LogP contribution in [0.3, 0.4) is 0 Å². The van der Waals surface area contributed by atoms with Crippen molar-refractivity contribution in [2.75, 3.05) is 56.1 Å². The van der Waals surface area contributed by atoms with Crippen molar-refractivity contribution in [2.45, 2.75) is 32.6 Å². The quantitative estimate of drug-likeness (QED) is 0.595. The van der Waals surface area contributed by atoms with Crippen LogP contribution in [0.2, 0.25) is 0 Å². The van der Waals surface area contributed by atoms with Crippen molar-refractivity contribution in [3.05, 3.63) is 59.7 Å². The Morgan fingerprint density at radius 2 is 1.76 bits per heavy atom. The molecule has 0 radical (unpaired) electrons. The Bertz CT molecular complexity index is 964. The summed E-state index contributed by atoms with van der Waals surface area (Å²) >= 11 is 0. The first-order valence-corrected chi connectivity index (χ1v) is 12.2. The molecule has 1 aliphatic heterocycles. The van der Waals surface area contributed by atoms with E-state index in [9.17, 15) is 9.59 Å². The molecule has 1 N–H and O–H groups in total. The molecule has 176 valence electrons. The molecule has 2 fully saturated rings. The second-order valence-corrected chi connectivity index (χ2v) is 9.32. The Kier molecular flexibility index (Phi) is 7.65. The molecule has 0 spiro atoms. The zero-order valence-electron chi connectivity index (χ0n) is 19.9. The summed E-state index contributed by atoms with van der Waals surface area (Å²) in [7, 11) is 1.77. The zero-order chi connectivity index (χ0) is 23.2. The van der Waals surface area contributed by atoms with Gasteiger partial charge in [-0.25, -0.2) is 0 Å². The standard InChI is InChI=1S/C27H36N4O2/c1-21-8-7-9-23(20-21)31-18-16-30(17-19-31)15-6-5-14-28-26(32)24-10-3-4-11-25(24)29(2)27(33)22-12-13-22/h3-4,7-11,20,22H,5-6,12-19H2,1-2H3,(H,28,32). The molecule has 2 aromatic carbocycles. The van der Waals surface area contributed by atoms with Gasteiger partial charge in [0.05, 0.1) is 11.3 Å². The van der Waals surface area contributed by atoms with Crippen LogP contribution in [0.4, 0.5) is 11.4 Å². The molecule has 2 amide bonds. The van der Waals surface area contributed by atoms with Crippen molar-refractivity contribution in [1.82, 2.24) is 10.2 Å². The third-order valence-electron chi connectivity index (χ3n) is 6.69. The lowest BCUT2D eigenvalue weighted by Crippen LogP contribution is -2.46. The number of nitrogens with zero attached hydrogens (tertiary/aromatic N) is 3. The van der Waals surface area contributed by atoms with Crippen LogP contribution in [0.15, 0.2) is 48.5 Å². The normalized spacial score (nSPS) is 16.5. The van der Waals surface area contributed by atoms with Crippen LogP contribution < -0.4 is 15.1 Å². The number of anilines is 2. The number of unbranched alkanes of at least 4 members (excludes halogenated alkanes) is 1. The average molecular weight is 449 g/mol. The number of nitrogens with one attached hydrogen (secondary N) is 1. The van der Waals surface area contributed by atoms with E-state index in [1.807, 2.05) is 18.2 Å². The van der Waals surface area contributed by atoms with Gasteiger partial charge in [0.15, 0.2) is 0 Å². The van der Waals surface area contributed by atoms with Gasteiger partial charge in [0.1, 0.15) is 0 Å². The number of carbonyl (C=O) groups is 2. The van der Waals surface area contributed by atoms with E-state index in [2.05, 4.69) is 46.3 Å². The molecular weight excluding hydrogens is 412 g/mol. The number of hydrogen-bond donors (Lipinski definition) is 1. The molecule has 0 aromatic heterocycles. The molecule has 2 aliphatic rings. The molecule has 0 bridgehead atoms. The number of rotatable bonds is 9. The van der Waals surface area contributed by atoms with Gasteiger partial charge in [0.25, 0.3) is 5.91 Å². The van der Waals surface area contributed by atoms with Crippen molar-refractivity contribution in [2.24, 2.45) is 5.92 Å². The highest BCUT2D eigenvalue weighted by Crippen LogP contribution is 2.33. The number of amides is 2. The average Bonchev–Trinajstić information content (AvgIpc) is 3.69. The van der Waals surface area contributed by atoms with Gasteiger partial charge in [-0.15, -0.1) is 0 Å². The first kappa shape index (κ1) is 23.3. The molecule has 1 saturated carbocycles. The second-order valence-electron chi connectivity index (χ2n) is 9.32. The van der Waals surface area contributed by atoms with E-state index in [1.165, 1.54) is 11.3 Å². The minimum atomic E-state index is -0.104. The Hall–Kier alpha value is -2.86. The van der Waals surface area contributed by atoms with Gasteiger partial charge in [0, 0.05) is 51.4 Å². The topological polar surface area (TPSA) is 55.9 Å². The summed E-state index contributed by atoms with van der Waals surface area (Å²) < 4.78 is 0. The zero-order valence-corrected chi connectivity index (χ0v) is 19.9. The predicted molar refractivity (Wildman–Crippen MR) is 134 cm³/mol. The molecule has 2 aromatic rings. The minimum Gasteiger partial charge on any atom is -0.369 e. The molecule has 6 nitrogen and oxygen atoms in total. The molecule has 0 atom stereocenters. The third-order valence-corrected chi connectivity index (χ3v) is 6.69. The second kappa shape index (κ2) is 10.8. The fourth-order valence-corrected chi connectivity index (χ4v) is 4.49. The molecule has 33 heavy (non-hydrogen) atoms. The van der Waals surface area contributed by atoms with Gasteiger partial charge in [-0.1, -0.05) is 24.3 Å². The van der Waals surface area contributed by atoms with Gasteiger partial charge < -0.3 is 15.1 Å². The molecule has 1 heterocycles. The van der Waals surface area contributed by atoms with E-state index in [1.54, 1.807) is 18.0 Å². The summed E-state index contributed by atoms with van der Waals surface area (Å²) in [5.74, 6) is 0.135. The van der Waals surface area contributed by atoms with Gasteiger partial charge in [0.2, 0.25) is 5.91 Å². The van der Waals surface area contributed by atoms with Crippen LogP contribution in [0.25, 0.3) is 0 Å². The van der Waals surface area contributed by atoms with Crippen LogP contribution >= 0.6 is 0 Å². The van der Waals surface area contributed by atoms with Crippen LogP contribution in [-0.4, -0.2) is 63.0 Å². The van der Waals surface area contributed by atoms with Crippen molar-refractivity contribution in [1.29, 1.82) is 0 Å². The maximum Gasteiger partial charge on any atom is 0.253 e. The summed E-state index contributed by atoms with van der Waals surface area (Å²) in [4.78, 5) is 31.8. The highest BCUT2D eigenvalue weighted by atomic mass is 16.2. The minimum absolute atomic E-state index is 0.104. The molecule has 1 aliphatic carbocycles. The largest absolute Gasteiger partial charge is 0.369 e. The van der Waals surface area contributed by atoms with Gasteiger partial charge in [-0.05, 0) is 69.0 Å². The first-order valence-electron chi connectivity index (χ1n) is 12.2. The SMILES string of the molecule is Cc1cccc(N2CCN(CCCCNC(=O)c3ccccc3N(C)C(=O)C3CC3)CC2)c1. The number of piperazine rings is 1. The molecule has 1 saturated heterocycles. The van der Waals surface area contributed by atoms with Crippen molar-refractivity contribution in [3.8, 4) is 0 Å². The van der Waals surface area contributed by atoms with E-state index in [4.69, 9.17) is 0 Å². The van der Waals surface area contributed by atoms with E-state index in [0.717, 1.165) is 58.4 Å². The van der Waals surface area contributed by atoms with Crippen LogP contribution in [0.1, 0.15) is 41.6 Å². The fraction of sp³-hybridized carbons (Fsp3) is 0.481. The Labute approximate surface area is 197 Å². The number of carbonyl (C=O) groups excluding carboxylic acids is 2. The predicted octanol–water partition coefficient (Wildman–Crippen LogP) is 3.70. The number of para-hydroxylation sites is 1. The fourth-order valence-electron chi connectivity index (χ4n) is 4.49. The van der Waals surface area contributed by atoms with Crippen molar-refractivity contribution < 1.29 is 9.59 Å². The third kappa shape index (κ3) is 6.14. The maximum atomic E-state index is 12.8. The van der Waals surface area contributed by atoms with Gasteiger partial charge in [-0.2, -0.15) is 0 Å². The van der Waals surface area contributed by atoms with Gasteiger partial charge in [-0.3, -0.25) is 14.5 Å². The van der Waals surface area contributed by atoms with E-state index < -0.39 is 0 Å². The highest BCUT2D eigenvalue weighted by Gasteiger charge is 2.33. The lowest BCUT2D eigenvalue weighted by atomic mass is 10.1. The molecule has 6 heteroatoms. The number of benzene rings is 2. The van der Waals surface area contributed by atoms with E-state index in [0.29, 0.717) is 17.8 Å². The Morgan fingerprint density at radius 3 is 2.48 bits per heavy atom. The van der Waals surface area contributed by atoms with E-state index in [-0.39, 0.29) is 17.7 Å². The number of hydrogen-bond acceptors (Lipinski definition) is 4. The molecular formula is C27H36N4O2. The van der Waals surface area contributed by atoms with Crippen LogP contribution in [-0.2, 0) is 4.79 Å². The monoisotopic (exact) mass is 448 g/mol. The molecule has 0 unspecified atom stereocenters. The first-order chi connectivity index (χ1) is 16.0. The van der Waals surface area contributed by atoms with Gasteiger partial charge >= 0.3 is 0 Å². The lowest BCUT2D eigenvalue weighted by molar-refractivity contribution is -0.119. The van der Waals surface area contributed by atoms with Crippen LogP contribution in [0.5, 0.6) is 0 Å². The summed E-state index contributed by atoms with van der Waals surface area (Å²) in [6, 6.07) is 16.1. The summed E-state index contributed by atoms with van der Waals surface area (Å²) in [5.41, 5.74) is 3.89. The molecule has 4 rings (SSSR count). The summed E-state index contributed by atoms with van der Waals surface area (Å²) in [6.45, 7) is 8.13. The van der Waals surface area contributed by atoms with E-state index >= 15 is 0 Å². The Morgan fingerprint density at radius 1 is 1.00 bits per heavy atom. The Balaban J connectivity index is 1.17. The maximum absolute atomic E-state index is 12.8. The van der Waals surface area contributed by atoms with Crippen molar-refractivity contribution >= 4 is 23.2 Å². The summed E-state index contributed by atoms with van der Waals surface area (Å²) in [6.07, 6.45) is 3.92. The summed E-state index contributed by atoms with van der Waals surface area (Å²) in [5, 5.41) is 3.05. The van der Waals surface area contributed by atoms with Crippen LogP contribution in [0, 0.1) is 12.8 Å². The highest BCUT2D eigenvalue weighted by molar-refractivity contribution is 6.05. The smallest absolute Gasteiger partial charge is 0.253 e.